The molecule has 0 spiro atoms. The van der Waals surface area contributed by atoms with Gasteiger partial charge in [0.1, 0.15) is 11.4 Å². The first-order valence-corrected chi connectivity index (χ1v) is 10.6. The molecule has 13 heteroatoms. The predicted molar refractivity (Wildman–Crippen MR) is 121 cm³/mol. The number of nitrogens with zero attached hydrogens (tertiary/aromatic N) is 2. The summed E-state index contributed by atoms with van der Waals surface area (Å²) in [5.41, 5.74) is 2.28. The van der Waals surface area contributed by atoms with Gasteiger partial charge in [-0.1, -0.05) is 15.9 Å². The van der Waals surface area contributed by atoms with Gasteiger partial charge < -0.3 is 14.8 Å². The molecule has 3 rings (SSSR count). The number of rotatable bonds is 8. The lowest BCUT2D eigenvalue weighted by atomic mass is 10.1. The van der Waals surface area contributed by atoms with Crippen molar-refractivity contribution >= 4 is 51.0 Å². The molecular formula is C21H19BrN4O8. The van der Waals surface area contributed by atoms with Crippen LogP contribution in [0.1, 0.15) is 16.8 Å². The highest BCUT2D eigenvalue weighted by molar-refractivity contribution is 9.10. The maximum Gasteiger partial charge on any atom is 0.311 e. The number of hydrazine groups is 1. The predicted octanol–water partition coefficient (Wildman–Crippen LogP) is 2.04. The molecule has 2 aromatic rings. The van der Waals surface area contributed by atoms with Gasteiger partial charge in [-0.15, -0.1) is 0 Å². The summed E-state index contributed by atoms with van der Waals surface area (Å²) in [6.45, 7) is -0.841. The number of benzene rings is 2. The molecule has 0 aromatic heterocycles. The zero-order valence-electron chi connectivity index (χ0n) is 17.8. The topological polar surface area (TPSA) is 157 Å². The van der Waals surface area contributed by atoms with E-state index in [4.69, 9.17) is 9.47 Å². The lowest BCUT2D eigenvalue weighted by molar-refractivity contribution is -0.383. The lowest BCUT2D eigenvalue weighted by Crippen LogP contribution is -2.43. The summed E-state index contributed by atoms with van der Waals surface area (Å²) >= 11 is 3.26. The van der Waals surface area contributed by atoms with Crippen molar-refractivity contribution < 1.29 is 33.6 Å². The van der Waals surface area contributed by atoms with Gasteiger partial charge in [-0.05, 0) is 30.3 Å². The summed E-state index contributed by atoms with van der Waals surface area (Å²) in [5, 5.41) is 14.5. The van der Waals surface area contributed by atoms with E-state index in [2.05, 4.69) is 26.7 Å². The Morgan fingerprint density at radius 3 is 2.56 bits per heavy atom. The van der Waals surface area contributed by atoms with Crippen LogP contribution < -0.4 is 15.5 Å². The molecule has 1 aliphatic heterocycles. The SMILES string of the molecule is COc1ccc([N+](=O)[O-])c(NC(=O)COC(=O)[C@@H]2CC(=O)N(NC(=O)c3ccc(Br)cc3)C2)c1. The van der Waals surface area contributed by atoms with Gasteiger partial charge in [-0.2, -0.15) is 0 Å². The van der Waals surface area contributed by atoms with Crippen molar-refractivity contribution in [1.29, 1.82) is 0 Å². The van der Waals surface area contributed by atoms with E-state index in [0.29, 0.717) is 5.56 Å². The monoisotopic (exact) mass is 534 g/mol. The second-order valence-corrected chi connectivity index (χ2v) is 8.06. The molecule has 3 amide bonds. The maximum absolute atomic E-state index is 12.3. The molecule has 0 unspecified atom stereocenters. The average molecular weight is 535 g/mol. The maximum atomic E-state index is 12.3. The van der Waals surface area contributed by atoms with E-state index in [0.717, 1.165) is 9.48 Å². The van der Waals surface area contributed by atoms with E-state index < -0.39 is 41.1 Å². The number of nitrogens with one attached hydrogen (secondary N) is 2. The highest BCUT2D eigenvalue weighted by Crippen LogP contribution is 2.28. The molecule has 2 N–H and O–H groups in total. The number of amides is 3. The third-order valence-electron chi connectivity index (χ3n) is 4.82. The summed E-state index contributed by atoms with van der Waals surface area (Å²) in [7, 11) is 1.36. The third kappa shape index (κ3) is 6.07. The van der Waals surface area contributed by atoms with E-state index in [-0.39, 0.29) is 30.1 Å². The Balaban J connectivity index is 1.53. The van der Waals surface area contributed by atoms with Crippen LogP contribution in [0, 0.1) is 16.0 Å². The van der Waals surface area contributed by atoms with Crippen LogP contribution in [0.4, 0.5) is 11.4 Å². The summed E-state index contributed by atoms with van der Waals surface area (Å²) in [6, 6.07) is 10.3. The number of carbonyl (C=O) groups excluding carboxylic acids is 4. The van der Waals surface area contributed by atoms with E-state index in [9.17, 15) is 29.3 Å². The molecule has 12 nitrogen and oxygen atoms in total. The standard InChI is InChI=1S/C21H19BrN4O8/c1-33-15-6-7-17(26(31)32)16(9-15)23-18(27)11-34-21(30)13-8-19(28)25(10-13)24-20(29)12-2-4-14(22)5-3-12/h2-7,9,13H,8,10-11H2,1H3,(H,23,27)(H,24,29)/t13-/m1/s1. The number of hydrogen-bond acceptors (Lipinski definition) is 8. The number of ether oxygens (including phenoxy) is 2. The van der Waals surface area contributed by atoms with Crippen molar-refractivity contribution in [3.63, 3.8) is 0 Å². The number of nitro groups is 1. The van der Waals surface area contributed by atoms with Crippen LogP contribution in [0.5, 0.6) is 5.75 Å². The number of halogens is 1. The van der Waals surface area contributed by atoms with Crippen LogP contribution in [0.25, 0.3) is 0 Å². The van der Waals surface area contributed by atoms with Crippen molar-refractivity contribution in [3.8, 4) is 5.75 Å². The van der Waals surface area contributed by atoms with Crippen LogP contribution in [-0.2, 0) is 19.1 Å². The highest BCUT2D eigenvalue weighted by atomic mass is 79.9. The van der Waals surface area contributed by atoms with Gasteiger partial charge in [-0.3, -0.25) is 39.7 Å². The van der Waals surface area contributed by atoms with Crippen LogP contribution in [-0.4, -0.2) is 53.9 Å². The second-order valence-electron chi connectivity index (χ2n) is 7.15. The largest absolute Gasteiger partial charge is 0.497 e. The van der Waals surface area contributed by atoms with Crippen molar-refractivity contribution in [2.75, 3.05) is 25.6 Å². The molecule has 1 fully saturated rings. The Labute approximate surface area is 201 Å². The Kier molecular flexibility index (Phi) is 7.79. The van der Waals surface area contributed by atoms with E-state index >= 15 is 0 Å². The first-order chi connectivity index (χ1) is 16.2. The molecule has 0 radical (unpaired) electrons. The van der Waals surface area contributed by atoms with Crippen molar-refractivity contribution in [2.24, 2.45) is 5.92 Å². The third-order valence-corrected chi connectivity index (χ3v) is 5.35. The molecule has 0 aliphatic carbocycles. The van der Waals surface area contributed by atoms with Gasteiger partial charge in [0.05, 0.1) is 24.5 Å². The van der Waals surface area contributed by atoms with E-state index in [1.165, 1.54) is 25.3 Å². The molecule has 2 aromatic carbocycles. The van der Waals surface area contributed by atoms with Crippen molar-refractivity contribution in [1.82, 2.24) is 10.4 Å². The minimum Gasteiger partial charge on any atom is -0.497 e. The van der Waals surface area contributed by atoms with Gasteiger partial charge >= 0.3 is 5.97 Å². The number of methoxy groups -OCH3 is 1. The van der Waals surface area contributed by atoms with Crippen molar-refractivity contribution in [3.05, 3.63) is 62.6 Å². The first-order valence-electron chi connectivity index (χ1n) is 9.83. The van der Waals surface area contributed by atoms with Crippen LogP contribution in [0.3, 0.4) is 0 Å². The fraction of sp³-hybridized carbons (Fsp3) is 0.238. The Morgan fingerprint density at radius 1 is 1.21 bits per heavy atom. The Morgan fingerprint density at radius 2 is 1.91 bits per heavy atom. The van der Waals surface area contributed by atoms with Gasteiger partial charge in [0.2, 0.25) is 5.91 Å². The molecule has 1 atom stereocenters. The summed E-state index contributed by atoms with van der Waals surface area (Å²) < 4.78 is 10.7. The second kappa shape index (κ2) is 10.7. The number of nitro benzene ring substituents is 1. The quantitative estimate of drug-likeness (QED) is 0.296. The lowest BCUT2D eigenvalue weighted by Gasteiger charge is -2.17. The average Bonchev–Trinajstić information content (AvgIpc) is 3.17. The van der Waals surface area contributed by atoms with Gasteiger partial charge in [-0.25, -0.2) is 0 Å². The minimum atomic E-state index is -0.892. The minimum absolute atomic E-state index is 0.122. The molecule has 1 saturated heterocycles. The molecular weight excluding hydrogens is 516 g/mol. The molecule has 178 valence electrons. The van der Waals surface area contributed by atoms with Crippen LogP contribution in [0.15, 0.2) is 46.9 Å². The number of esters is 1. The Hall–Kier alpha value is -4.00. The fourth-order valence-corrected chi connectivity index (χ4v) is 3.37. The van der Waals surface area contributed by atoms with Gasteiger partial charge in [0.25, 0.3) is 17.5 Å². The van der Waals surface area contributed by atoms with Gasteiger partial charge in [0.15, 0.2) is 6.61 Å². The first kappa shape index (κ1) is 24.6. The number of anilines is 1. The molecule has 1 heterocycles. The number of hydrogen-bond donors (Lipinski definition) is 2. The van der Waals surface area contributed by atoms with Crippen LogP contribution >= 0.6 is 15.9 Å². The normalized spacial score (nSPS) is 14.9. The summed E-state index contributed by atoms with van der Waals surface area (Å²) in [5.74, 6) is -3.24. The fourth-order valence-electron chi connectivity index (χ4n) is 3.10. The van der Waals surface area contributed by atoms with Crippen molar-refractivity contribution in [2.45, 2.75) is 6.42 Å². The number of carbonyl (C=O) groups is 4. The highest BCUT2D eigenvalue weighted by Gasteiger charge is 2.36. The van der Waals surface area contributed by atoms with Gasteiger partial charge in [0, 0.05) is 28.6 Å². The molecule has 0 bridgehead atoms. The van der Waals surface area contributed by atoms with E-state index in [1.807, 2.05) is 0 Å². The molecule has 34 heavy (non-hydrogen) atoms. The summed E-state index contributed by atoms with van der Waals surface area (Å²) in [4.78, 5) is 59.5. The zero-order chi connectivity index (χ0) is 24.8. The summed E-state index contributed by atoms with van der Waals surface area (Å²) in [6.07, 6.45) is -0.206. The molecule has 0 saturated carbocycles. The smallest absolute Gasteiger partial charge is 0.311 e. The molecule has 1 aliphatic rings. The zero-order valence-corrected chi connectivity index (χ0v) is 19.4. The Bertz CT molecular complexity index is 1140. The van der Waals surface area contributed by atoms with Crippen LogP contribution in [0.2, 0.25) is 0 Å². The van der Waals surface area contributed by atoms with E-state index in [1.54, 1.807) is 24.3 Å².